The van der Waals surface area contributed by atoms with Gasteiger partial charge in [0.2, 0.25) is 5.91 Å². The number of carbonyl (C=O) groups excluding carboxylic acids is 2. The Balaban J connectivity index is 1.47. The minimum absolute atomic E-state index is 0.0929. The first-order chi connectivity index (χ1) is 14.0. The predicted molar refractivity (Wildman–Crippen MR) is 108 cm³/mol. The number of benzene rings is 1. The molecule has 0 aromatic heterocycles. The van der Waals surface area contributed by atoms with Gasteiger partial charge in [-0.3, -0.25) is 9.69 Å². The van der Waals surface area contributed by atoms with E-state index in [1.165, 1.54) is 0 Å². The van der Waals surface area contributed by atoms with Crippen molar-refractivity contribution in [1.29, 1.82) is 0 Å². The van der Waals surface area contributed by atoms with Crippen LogP contribution in [0.25, 0.3) is 0 Å². The summed E-state index contributed by atoms with van der Waals surface area (Å²) in [6.07, 6.45) is -0.272. The highest BCUT2D eigenvalue weighted by Gasteiger charge is 2.38. The molecule has 0 aliphatic carbocycles. The van der Waals surface area contributed by atoms with Gasteiger partial charge in [0.1, 0.15) is 11.9 Å². The Labute approximate surface area is 170 Å². The summed E-state index contributed by atoms with van der Waals surface area (Å²) < 4.78 is 10.9. The van der Waals surface area contributed by atoms with E-state index >= 15 is 0 Å². The lowest BCUT2D eigenvalue weighted by molar-refractivity contribution is -0.128. The van der Waals surface area contributed by atoms with Crippen LogP contribution < -0.4 is 15.4 Å². The van der Waals surface area contributed by atoms with Crippen molar-refractivity contribution in [3.05, 3.63) is 24.3 Å². The summed E-state index contributed by atoms with van der Waals surface area (Å²) in [6.45, 7) is 5.46. The zero-order valence-corrected chi connectivity index (χ0v) is 17.0. The Morgan fingerprint density at radius 1 is 1.28 bits per heavy atom. The predicted octanol–water partition coefficient (Wildman–Crippen LogP) is 0.499. The monoisotopic (exact) mass is 406 g/mol. The number of amides is 3. The van der Waals surface area contributed by atoms with E-state index < -0.39 is 18.2 Å². The Bertz CT molecular complexity index is 716. The molecule has 1 aromatic rings. The second kappa shape index (κ2) is 9.91. The van der Waals surface area contributed by atoms with Crippen molar-refractivity contribution in [2.24, 2.45) is 0 Å². The summed E-state index contributed by atoms with van der Waals surface area (Å²) in [6, 6.07) is 6.17. The summed E-state index contributed by atoms with van der Waals surface area (Å²) in [5.41, 5.74) is 0.603. The van der Waals surface area contributed by atoms with Crippen molar-refractivity contribution < 1.29 is 24.2 Å². The first-order valence-electron chi connectivity index (χ1n) is 9.95. The highest BCUT2D eigenvalue weighted by molar-refractivity contribution is 5.89. The Kier molecular flexibility index (Phi) is 7.29. The van der Waals surface area contributed by atoms with Gasteiger partial charge < -0.3 is 30.1 Å². The van der Waals surface area contributed by atoms with Crippen LogP contribution in [-0.2, 0) is 9.53 Å². The van der Waals surface area contributed by atoms with Crippen molar-refractivity contribution in [1.82, 2.24) is 15.1 Å². The molecular formula is C20H30N4O5. The highest BCUT2D eigenvalue weighted by Crippen LogP contribution is 2.19. The lowest BCUT2D eigenvalue weighted by Crippen LogP contribution is -2.48. The van der Waals surface area contributed by atoms with Gasteiger partial charge in [-0.05, 0) is 25.1 Å². The summed E-state index contributed by atoms with van der Waals surface area (Å²) in [7, 11) is 1.56. The van der Waals surface area contributed by atoms with Crippen LogP contribution in [0, 0.1) is 0 Å². The molecule has 2 fully saturated rings. The zero-order valence-electron chi connectivity index (χ0n) is 17.0. The number of hydrogen-bond donors (Lipinski definition) is 3. The molecule has 3 N–H and O–H groups in total. The average molecular weight is 406 g/mol. The van der Waals surface area contributed by atoms with Gasteiger partial charge in [0.05, 0.1) is 25.9 Å². The molecule has 9 heteroatoms. The molecule has 3 rings (SSSR count). The molecule has 2 aliphatic rings. The Morgan fingerprint density at radius 3 is 2.86 bits per heavy atom. The normalized spacial score (nSPS) is 25.3. The number of nitrogens with one attached hydrogen (secondary N) is 2. The van der Waals surface area contributed by atoms with Crippen molar-refractivity contribution in [3.8, 4) is 5.75 Å². The molecule has 9 nitrogen and oxygen atoms in total. The lowest BCUT2D eigenvalue weighted by atomic mass is 10.1. The van der Waals surface area contributed by atoms with E-state index in [0.29, 0.717) is 24.5 Å². The molecule has 0 saturated carbocycles. The third kappa shape index (κ3) is 5.81. The molecule has 3 amide bonds. The SMILES string of the molecule is COc1cccc(NC(=O)N[C@H]2CO[C@@H](CN3CCCN(C(C)=O)CC3)[C@@H]2O)c1. The number of nitrogens with zero attached hydrogens (tertiary/aromatic N) is 2. The third-order valence-electron chi connectivity index (χ3n) is 5.40. The van der Waals surface area contributed by atoms with E-state index in [-0.39, 0.29) is 18.6 Å². The maximum Gasteiger partial charge on any atom is 0.319 e. The van der Waals surface area contributed by atoms with Crippen LogP contribution in [0.3, 0.4) is 0 Å². The topological polar surface area (TPSA) is 103 Å². The van der Waals surface area contributed by atoms with Gasteiger partial charge in [0, 0.05) is 44.9 Å². The number of anilines is 1. The van der Waals surface area contributed by atoms with E-state index in [1.807, 2.05) is 4.90 Å². The molecule has 0 bridgehead atoms. The fourth-order valence-electron chi connectivity index (χ4n) is 3.73. The van der Waals surface area contributed by atoms with Crippen LogP contribution in [-0.4, -0.2) is 91.5 Å². The molecular weight excluding hydrogens is 376 g/mol. The first kappa shape index (κ1) is 21.4. The number of urea groups is 1. The number of hydrogen-bond acceptors (Lipinski definition) is 6. The zero-order chi connectivity index (χ0) is 20.8. The Morgan fingerprint density at radius 2 is 2.10 bits per heavy atom. The maximum absolute atomic E-state index is 12.3. The summed E-state index contributed by atoms with van der Waals surface area (Å²) >= 11 is 0. The molecule has 0 spiro atoms. The van der Waals surface area contributed by atoms with Crippen LogP contribution in [0.5, 0.6) is 5.75 Å². The average Bonchev–Trinajstić information content (AvgIpc) is 2.90. The van der Waals surface area contributed by atoms with E-state index in [4.69, 9.17) is 9.47 Å². The standard InChI is InChI=1S/C20H30N4O5/c1-14(25)24-8-4-7-23(9-10-24)12-18-19(26)17(13-29-18)22-20(27)21-15-5-3-6-16(11-15)28-2/h3,5-6,11,17-19,26H,4,7-10,12-13H2,1-2H3,(H2,21,22,27)/t17-,18-,19+/m0/s1. The van der Waals surface area contributed by atoms with Crippen LogP contribution in [0.15, 0.2) is 24.3 Å². The molecule has 0 unspecified atom stereocenters. The second-order valence-corrected chi connectivity index (χ2v) is 7.46. The van der Waals surface area contributed by atoms with Gasteiger partial charge >= 0.3 is 6.03 Å². The van der Waals surface area contributed by atoms with Crippen LogP contribution in [0.2, 0.25) is 0 Å². The van der Waals surface area contributed by atoms with E-state index in [9.17, 15) is 14.7 Å². The quantitative estimate of drug-likeness (QED) is 0.658. The minimum Gasteiger partial charge on any atom is -0.497 e. The highest BCUT2D eigenvalue weighted by atomic mass is 16.5. The van der Waals surface area contributed by atoms with Gasteiger partial charge in [0.15, 0.2) is 0 Å². The van der Waals surface area contributed by atoms with Gasteiger partial charge in [0.25, 0.3) is 0 Å². The molecule has 2 aliphatic heterocycles. The lowest BCUT2D eigenvalue weighted by Gasteiger charge is -2.26. The van der Waals surface area contributed by atoms with Crippen LogP contribution in [0.4, 0.5) is 10.5 Å². The van der Waals surface area contributed by atoms with Crippen molar-refractivity contribution in [3.63, 3.8) is 0 Å². The summed E-state index contributed by atoms with van der Waals surface area (Å²) in [4.78, 5) is 27.9. The van der Waals surface area contributed by atoms with Crippen LogP contribution >= 0.6 is 0 Å². The summed E-state index contributed by atoms with van der Waals surface area (Å²) in [5.74, 6) is 0.739. The number of methoxy groups -OCH3 is 1. The van der Waals surface area contributed by atoms with Gasteiger partial charge in [-0.25, -0.2) is 4.79 Å². The number of carbonyl (C=O) groups is 2. The molecule has 29 heavy (non-hydrogen) atoms. The third-order valence-corrected chi connectivity index (χ3v) is 5.40. The molecule has 160 valence electrons. The molecule has 2 saturated heterocycles. The number of aliphatic hydroxyl groups excluding tert-OH is 1. The summed E-state index contributed by atoms with van der Waals surface area (Å²) in [5, 5.41) is 16.1. The number of rotatable bonds is 5. The fraction of sp³-hybridized carbons (Fsp3) is 0.600. The van der Waals surface area contributed by atoms with Gasteiger partial charge in [-0.1, -0.05) is 6.07 Å². The molecule has 0 radical (unpaired) electrons. The van der Waals surface area contributed by atoms with Crippen LogP contribution in [0.1, 0.15) is 13.3 Å². The van der Waals surface area contributed by atoms with Gasteiger partial charge in [-0.2, -0.15) is 0 Å². The largest absolute Gasteiger partial charge is 0.497 e. The fourth-order valence-corrected chi connectivity index (χ4v) is 3.73. The van der Waals surface area contributed by atoms with Crippen molar-refractivity contribution in [2.45, 2.75) is 31.6 Å². The Hall–Kier alpha value is -2.36. The smallest absolute Gasteiger partial charge is 0.319 e. The van der Waals surface area contributed by atoms with Gasteiger partial charge in [-0.15, -0.1) is 0 Å². The first-order valence-corrected chi connectivity index (χ1v) is 9.95. The molecule has 1 aromatic carbocycles. The minimum atomic E-state index is -0.793. The second-order valence-electron chi connectivity index (χ2n) is 7.46. The van der Waals surface area contributed by atoms with E-state index in [2.05, 4.69) is 15.5 Å². The number of aliphatic hydroxyl groups is 1. The molecule has 3 atom stereocenters. The number of ether oxygens (including phenoxy) is 2. The maximum atomic E-state index is 12.3. The van der Waals surface area contributed by atoms with E-state index in [1.54, 1.807) is 38.3 Å². The van der Waals surface area contributed by atoms with Crippen molar-refractivity contribution >= 4 is 17.6 Å². The van der Waals surface area contributed by atoms with Crippen molar-refractivity contribution in [2.75, 3.05) is 51.8 Å². The van der Waals surface area contributed by atoms with E-state index in [0.717, 1.165) is 26.1 Å². The molecule has 2 heterocycles.